The van der Waals surface area contributed by atoms with Gasteiger partial charge in [-0.2, -0.15) is 0 Å². The number of hydrogen-bond donors (Lipinski definition) is 2. The monoisotopic (exact) mass is 486 g/mol. The second-order valence-electron chi connectivity index (χ2n) is 9.12. The fraction of sp³-hybridized carbons (Fsp3) is 0.500. The summed E-state index contributed by atoms with van der Waals surface area (Å²) >= 11 is 0. The molecule has 0 unspecified atom stereocenters. The molecular weight excluding hydrogens is 448 g/mol. The topological polar surface area (TPSA) is 102 Å². The fourth-order valence-electron chi connectivity index (χ4n) is 3.52. The van der Waals surface area contributed by atoms with Gasteiger partial charge in [-0.05, 0) is 63.4 Å². The second-order valence-corrected chi connectivity index (χ2v) is 9.12. The van der Waals surface area contributed by atoms with Gasteiger partial charge in [0, 0.05) is 18.1 Å². The van der Waals surface area contributed by atoms with Gasteiger partial charge >= 0.3 is 5.97 Å². The maximum atomic E-state index is 11.8. The number of carboxylic acids is 1. The zero-order valence-electron chi connectivity index (χ0n) is 21.5. The van der Waals surface area contributed by atoms with Crippen molar-refractivity contribution in [2.24, 2.45) is 0 Å². The first-order valence-corrected chi connectivity index (χ1v) is 12.2. The molecule has 0 spiro atoms. The van der Waals surface area contributed by atoms with Crippen LogP contribution in [0.25, 0.3) is 0 Å². The van der Waals surface area contributed by atoms with E-state index in [-0.39, 0.29) is 11.5 Å². The number of aliphatic carboxylic acids is 1. The van der Waals surface area contributed by atoms with E-state index < -0.39 is 11.4 Å². The number of benzene rings is 2. The van der Waals surface area contributed by atoms with Gasteiger partial charge in [0.15, 0.2) is 5.78 Å². The van der Waals surface area contributed by atoms with Crippen LogP contribution in [0.15, 0.2) is 30.3 Å². The number of rotatable bonds is 15. The summed E-state index contributed by atoms with van der Waals surface area (Å²) in [7, 11) is 0. The molecule has 0 saturated heterocycles. The minimum Gasteiger partial charge on any atom is -0.507 e. The van der Waals surface area contributed by atoms with Crippen LogP contribution in [0.4, 0.5) is 0 Å². The van der Waals surface area contributed by atoms with Crippen molar-refractivity contribution in [1.29, 1.82) is 0 Å². The van der Waals surface area contributed by atoms with Crippen LogP contribution in [0.2, 0.25) is 0 Å². The number of aromatic hydroxyl groups is 1. The molecule has 7 heteroatoms. The van der Waals surface area contributed by atoms with Gasteiger partial charge in [0.2, 0.25) is 0 Å². The molecule has 2 aromatic rings. The largest absolute Gasteiger partial charge is 0.507 e. The Hall–Kier alpha value is -3.22. The van der Waals surface area contributed by atoms with E-state index in [0.717, 1.165) is 19.3 Å². The third-order valence-corrected chi connectivity index (χ3v) is 5.84. The summed E-state index contributed by atoms with van der Waals surface area (Å²) in [6.07, 6.45) is 3.88. The molecule has 0 atom stereocenters. The predicted molar refractivity (Wildman–Crippen MR) is 135 cm³/mol. The standard InChI is InChI=1S/C28H38O7/c1-6-8-13-33-21-16-20(28(4,5)27(31)32)17-22(18-21)34-14-9-15-35-25-12-11-23(19(3)29)26(30)24(25)10-7-2/h11-12,16-18,30H,6-10,13-15H2,1-5H3,(H,31,32). The first-order chi connectivity index (χ1) is 16.6. The molecule has 0 saturated carbocycles. The molecule has 0 amide bonds. The van der Waals surface area contributed by atoms with Gasteiger partial charge in [0.05, 0.1) is 30.8 Å². The minimum atomic E-state index is -1.09. The smallest absolute Gasteiger partial charge is 0.313 e. The molecule has 2 N–H and O–H groups in total. The maximum Gasteiger partial charge on any atom is 0.313 e. The summed E-state index contributed by atoms with van der Waals surface area (Å²) in [4.78, 5) is 23.5. The average molecular weight is 487 g/mol. The number of ether oxygens (including phenoxy) is 3. The van der Waals surface area contributed by atoms with Crippen LogP contribution in [-0.2, 0) is 16.6 Å². The summed E-state index contributed by atoms with van der Waals surface area (Å²) in [5, 5.41) is 20.1. The van der Waals surface area contributed by atoms with E-state index in [1.165, 1.54) is 6.92 Å². The fourth-order valence-corrected chi connectivity index (χ4v) is 3.52. The normalized spacial score (nSPS) is 11.2. The number of carbonyl (C=O) groups is 2. The zero-order chi connectivity index (χ0) is 26.0. The summed E-state index contributed by atoms with van der Waals surface area (Å²) in [5.74, 6) is 0.559. The average Bonchev–Trinajstić information content (AvgIpc) is 2.80. The highest BCUT2D eigenvalue weighted by molar-refractivity contribution is 5.97. The molecular formula is C28H38O7. The Morgan fingerprint density at radius 3 is 2.03 bits per heavy atom. The van der Waals surface area contributed by atoms with Crippen LogP contribution in [-0.4, -0.2) is 41.8 Å². The number of carboxylic acid groups (broad SMARTS) is 1. The lowest BCUT2D eigenvalue weighted by atomic mass is 9.84. The van der Waals surface area contributed by atoms with Gasteiger partial charge in [-0.3, -0.25) is 9.59 Å². The van der Waals surface area contributed by atoms with Crippen LogP contribution in [0.5, 0.6) is 23.0 Å². The van der Waals surface area contributed by atoms with Crippen molar-refractivity contribution < 1.29 is 34.0 Å². The Morgan fingerprint density at radius 1 is 0.886 bits per heavy atom. The van der Waals surface area contributed by atoms with Crippen LogP contribution in [0.3, 0.4) is 0 Å². The van der Waals surface area contributed by atoms with Gasteiger partial charge in [-0.1, -0.05) is 26.7 Å². The van der Waals surface area contributed by atoms with Crippen LogP contribution >= 0.6 is 0 Å². The summed E-state index contributed by atoms with van der Waals surface area (Å²) in [5.41, 5.74) is 0.453. The Kier molecular flexibility index (Phi) is 10.4. The van der Waals surface area contributed by atoms with Crippen molar-refractivity contribution in [3.8, 4) is 23.0 Å². The van der Waals surface area contributed by atoms with Crippen molar-refractivity contribution in [2.45, 2.75) is 72.1 Å². The van der Waals surface area contributed by atoms with Crippen LogP contribution in [0.1, 0.15) is 81.8 Å². The van der Waals surface area contributed by atoms with E-state index >= 15 is 0 Å². The number of phenolic OH excluding ortho intramolecular Hbond substituents is 1. The molecule has 35 heavy (non-hydrogen) atoms. The van der Waals surface area contributed by atoms with Crippen molar-refractivity contribution in [3.63, 3.8) is 0 Å². The number of hydrogen-bond acceptors (Lipinski definition) is 6. The molecule has 2 aromatic carbocycles. The van der Waals surface area contributed by atoms with E-state index in [0.29, 0.717) is 66.6 Å². The Bertz CT molecular complexity index is 1010. The molecule has 0 aliphatic rings. The third kappa shape index (κ3) is 7.64. The third-order valence-electron chi connectivity index (χ3n) is 5.84. The molecule has 0 heterocycles. The first-order valence-electron chi connectivity index (χ1n) is 12.2. The van der Waals surface area contributed by atoms with Crippen molar-refractivity contribution >= 4 is 11.8 Å². The molecule has 0 radical (unpaired) electrons. The lowest BCUT2D eigenvalue weighted by molar-refractivity contribution is -0.142. The second kappa shape index (κ2) is 13.0. The molecule has 0 aromatic heterocycles. The molecule has 0 aliphatic heterocycles. The maximum absolute atomic E-state index is 11.8. The zero-order valence-corrected chi connectivity index (χ0v) is 21.5. The van der Waals surface area contributed by atoms with E-state index in [4.69, 9.17) is 14.2 Å². The molecule has 192 valence electrons. The van der Waals surface area contributed by atoms with Crippen LogP contribution < -0.4 is 14.2 Å². The number of phenols is 1. The van der Waals surface area contributed by atoms with Crippen LogP contribution in [0, 0.1) is 0 Å². The Morgan fingerprint density at radius 2 is 1.49 bits per heavy atom. The lowest BCUT2D eigenvalue weighted by Gasteiger charge is -2.22. The molecule has 7 nitrogen and oxygen atoms in total. The molecule has 2 rings (SSSR count). The van der Waals surface area contributed by atoms with Gasteiger partial charge in [-0.15, -0.1) is 0 Å². The lowest BCUT2D eigenvalue weighted by Crippen LogP contribution is -2.28. The van der Waals surface area contributed by atoms with E-state index in [1.807, 2.05) is 6.92 Å². The molecule has 0 bridgehead atoms. The summed E-state index contributed by atoms with van der Waals surface area (Å²) in [6.45, 7) is 10.1. The van der Waals surface area contributed by atoms with Crippen molar-refractivity contribution in [3.05, 3.63) is 47.0 Å². The Balaban J connectivity index is 2.05. The Labute approximate surface area is 208 Å². The first kappa shape index (κ1) is 28.0. The highest BCUT2D eigenvalue weighted by atomic mass is 16.5. The van der Waals surface area contributed by atoms with Crippen molar-refractivity contribution in [2.75, 3.05) is 19.8 Å². The number of carbonyl (C=O) groups excluding carboxylic acids is 1. The summed E-state index contributed by atoms with van der Waals surface area (Å²) in [6, 6.07) is 8.57. The minimum absolute atomic E-state index is 0.0124. The molecule has 0 aliphatic carbocycles. The summed E-state index contributed by atoms with van der Waals surface area (Å²) < 4.78 is 17.6. The van der Waals surface area contributed by atoms with Gasteiger partial charge in [0.25, 0.3) is 0 Å². The quantitative estimate of drug-likeness (QED) is 0.237. The van der Waals surface area contributed by atoms with Gasteiger partial charge in [0.1, 0.15) is 23.0 Å². The molecule has 0 fully saturated rings. The number of ketones is 1. The van der Waals surface area contributed by atoms with Gasteiger partial charge in [-0.25, -0.2) is 0 Å². The van der Waals surface area contributed by atoms with E-state index in [9.17, 15) is 19.8 Å². The predicted octanol–water partition coefficient (Wildman–Crippen LogP) is 5.94. The number of Topliss-reactive ketones (excluding diaryl/α,β-unsaturated/α-hetero) is 1. The highest BCUT2D eigenvalue weighted by Crippen LogP contribution is 2.34. The van der Waals surface area contributed by atoms with E-state index in [2.05, 4.69) is 6.92 Å². The highest BCUT2D eigenvalue weighted by Gasteiger charge is 2.30. The van der Waals surface area contributed by atoms with Gasteiger partial charge < -0.3 is 24.4 Å². The number of unbranched alkanes of at least 4 members (excludes halogenated alkanes) is 1. The van der Waals surface area contributed by atoms with Crippen molar-refractivity contribution in [1.82, 2.24) is 0 Å². The van der Waals surface area contributed by atoms with E-state index in [1.54, 1.807) is 44.2 Å². The SMILES string of the molecule is CCCCOc1cc(OCCCOc2ccc(C(C)=O)c(O)c2CCC)cc(C(C)(C)C(=O)O)c1.